The number of rotatable bonds is 8. The molecule has 2 amide bonds. The lowest BCUT2D eigenvalue weighted by molar-refractivity contribution is 0.0848. The van der Waals surface area contributed by atoms with E-state index in [1.54, 1.807) is 18.2 Å². The lowest BCUT2D eigenvalue weighted by atomic mass is 10.1. The van der Waals surface area contributed by atoms with Gasteiger partial charge in [0, 0.05) is 16.9 Å². The van der Waals surface area contributed by atoms with Crippen molar-refractivity contribution in [2.24, 2.45) is 5.92 Å². The van der Waals surface area contributed by atoms with Crippen molar-refractivity contribution in [3.8, 4) is 11.5 Å². The van der Waals surface area contributed by atoms with E-state index < -0.39 is 5.91 Å². The van der Waals surface area contributed by atoms with E-state index in [1.165, 1.54) is 18.4 Å². The van der Waals surface area contributed by atoms with Gasteiger partial charge in [0.05, 0.1) is 24.3 Å². The highest BCUT2D eigenvalue weighted by Gasteiger charge is 2.28. The van der Waals surface area contributed by atoms with Crippen molar-refractivity contribution in [3.05, 3.63) is 45.7 Å². The van der Waals surface area contributed by atoms with Gasteiger partial charge >= 0.3 is 0 Å². The number of nitrogens with one attached hydrogen (secondary N) is 2. The standard InChI is InChI=1S/C25H30N4O4S/c1-13(2)10-11-33-18-9-8-17(12-19(18)32-5)23(30)28-29-24(31)21-14(3)20-15(4)26-22(16-6-7-16)27-25(20)34-21/h8-9,12-13,16H,6-7,10-11H2,1-5H3,(H,28,30)(H,29,31). The fraction of sp³-hybridized carbons (Fsp3) is 0.440. The zero-order chi connectivity index (χ0) is 24.4. The number of nitrogens with zero attached hydrogens (tertiary/aromatic N) is 2. The SMILES string of the molecule is COc1cc(C(=O)NNC(=O)c2sc3nc(C4CC4)nc(C)c3c2C)ccc1OCCC(C)C. The molecule has 9 heteroatoms. The van der Waals surface area contributed by atoms with Gasteiger partial charge in [0.1, 0.15) is 10.7 Å². The van der Waals surface area contributed by atoms with Gasteiger partial charge in [0.2, 0.25) is 0 Å². The van der Waals surface area contributed by atoms with E-state index in [-0.39, 0.29) is 5.91 Å². The maximum atomic E-state index is 12.9. The van der Waals surface area contributed by atoms with Crippen molar-refractivity contribution >= 4 is 33.4 Å². The summed E-state index contributed by atoms with van der Waals surface area (Å²) >= 11 is 1.32. The smallest absolute Gasteiger partial charge is 0.280 e. The van der Waals surface area contributed by atoms with E-state index >= 15 is 0 Å². The van der Waals surface area contributed by atoms with Crippen LogP contribution in [0.2, 0.25) is 0 Å². The Morgan fingerprint density at radius 1 is 1.12 bits per heavy atom. The Bertz CT molecular complexity index is 1230. The van der Waals surface area contributed by atoms with Crippen LogP contribution in [0.3, 0.4) is 0 Å². The third-order valence-electron chi connectivity index (χ3n) is 5.81. The second-order valence-corrected chi connectivity index (χ2v) is 9.98. The number of benzene rings is 1. The maximum absolute atomic E-state index is 12.9. The van der Waals surface area contributed by atoms with Gasteiger partial charge in [0.25, 0.3) is 11.8 Å². The number of carbonyl (C=O) groups is 2. The van der Waals surface area contributed by atoms with E-state index in [4.69, 9.17) is 9.47 Å². The Hall–Kier alpha value is -3.20. The predicted molar refractivity (Wildman–Crippen MR) is 132 cm³/mol. The molecule has 0 radical (unpaired) electrons. The number of hydrogen-bond donors (Lipinski definition) is 2. The molecule has 0 unspecified atom stereocenters. The molecule has 0 atom stereocenters. The van der Waals surface area contributed by atoms with Crippen LogP contribution < -0.4 is 20.3 Å². The van der Waals surface area contributed by atoms with Gasteiger partial charge in [0.15, 0.2) is 11.5 Å². The van der Waals surface area contributed by atoms with Crippen molar-refractivity contribution in [3.63, 3.8) is 0 Å². The number of ether oxygens (including phenoxy) is 2. The van der Waals surface area contributed by atoms with E-state index in [1.807, 2.05) is 13.8 Å². The minimum atomic E-state index is -0.453. The van der Waals surface area contributed by atoms with E-state index in [9.17, 15) is 9.59 Å². The summed E-state index contributed by atoms with van der Waals surface area (Å²) in [5.74, 6) is 2.02. The molecule has 1 aliphatic rings. The molecule has 1 fully saturated rings. The number of thiophene rings is 1. The summed E-state index contributed by atoms with van der Waals surface area (Å²) in [4.78, 5) is 36.1. The Balaban J connectivity index is 1.43. The van der Waals surface area contributed by atoms with Gasteiger partial charge in [-0.1, -0.05) is 13.8 Å². The molecule has 4 rings (SSSR count). The third kappa shape index (κ3) is 5.14. The first-order valence-corrected chi connectivity index (χ1v) is 12.3. The zero-order valence-corrected chi connectivity index (χ0v) is 21.0. The van der Waals surface area contributed by atoms with Crippen molar-refractivity contribution in [2.45, 2.75) is 52.9 Å². The molecule has 1 aliphatic carbocycles. The fourth-order valence-corrected chi connectivity index (χ4v) is 4.81. The first-order chi connectivity index (χ1) is 16.3. The molecule has 0 spiro atoms. The van der Waals surface area contributed by atoms with Gasteiger partial charge < -0.3 is 9.47 Å². The second-order valence-electron chi connectivity index (χ2n) is 8.98. The van der Waals surface area contributed by atoms with Gasteiger partial charge in [-0.15, -0.1) is 11.3 Å². The van der Waals surface area contributed by atoms with Crippen LogP contribution in [0.4, 0.5) is 0 Å². The Kier molecular flexibility index (Phi) is 7.02. The highest BCUT2D eigenvalue weighted by molar-refractivity contribution is 7.20. The van der Waals surface area contributed by atoms with Crippen LogP contribution in [-0.2, 0) is 0 Å². The molecule has 2 aromatic heterocycles. The summed E-state index contributed by atoms with van der Waals surface area (Å²) in [5.41, 5.74) is 7.05. The van der Waals surface area contributed by atoms with Crippen LogP contribution in [0.5, 0.6) is 11.5 Å². The molecule has 1 aromatic carbocycles. The predicted octanol–water partition coefficient (Wildman–Crippen LogP) is 4.69. The molecule has 0 aliphatic heterocycles. The van der Waals surface area contributed by atoms with E-state index in [0.29, 0.717) is 40.4 Å². The molecule has 1 saturated carbocycles. The lowest BCUT2D eigenvalue weighted by Crippen LogP contribution is -2.41. The van der Waals surface area contributed by atoms with Crippen molar-refractivity contribution in [1.82, 2.24) is 20.8 Å². The molecule has 0 bridgehead atoms. The summed E-state index contributed by atoms with van der Waals surface area (Å²) in [5, 5.41) is 0.906. The number of fused-ring (bicyclic) bond motifs is 1. The number of aryl methyl sites for hydroxylation is 2. The quantitative estimate of drug-likeness (QED) is 0.452. The normalized spacial score (nSPS) is 13.2. The molecule has 180 valence electrons. The third-order valence-corrected chi connectivity index (χ3v) is 6.99. The average Bonchev–Trinajstić information content (AvgIpc) is 3.60. The van der Waals surface area contributed by atoms with Gasteiger partial charge in [-0.25, -0.2) is 9.97 Å². The van der Waals surface area contributed by atoms with Crippen LogP contribution >= 0.6 is 11.3 Å². The largest absolute Gasteiger partial charge is 0.493 e. The highest BCUT2D eigenvalue weighted by atomic mass is 32.1. The monoisotopic (exact) mass is 482 g/mol. The van der Waals surface area contributed by atoms with Crippen LogP contribution in [0.25, 0.3) is 10.2 Å². The van der Waals surface area contributed by atoms with Crippen LogP contribution in [0.1, 0.15) is 76.1 Å². The number of methoxy groups -OCH3 is 1. The van der Waals surface area contributed by atoms with Gasteiger partial charge in [-0.2, -0.15) is 0 Å². The van der Waals surface area contributed by atoms with E-state index in [0.717, 1.165) is 46.6 Å². The highest BCUT2D eigenvalue weighted by Crippen LogP contribution is 2.40. The van der Waals surface area contributed by atoms with E-state index in [2.05, 4.69) is 34.7 Å². The lowest BCUT2D eigenvalue weighted by Gasteiger charge is -2.13. The Morgan fingerprint density at radius 3 is 2.53 bits per heavy atom. The molecule has 0 saturated heterocycles. The van der Waals surface area contributed by atoms with Crippen LogP contribution in [0, 0.1) is 19.8 Å². The number of hydrogen-bond acceptors (Lipinski definition) is 7. The zero-order valence-electron chi connectivity index (χ0n) is 20.2. The fourth-order valence-electron chi connectivity index (χ4n) is 3.68. The first kappa shape index (κ1) is 23.9. The molecular weight excluding hydrogens is 452 g/mol. The minimum Gasteiger partial charge on any atom is -0.493 e. The Labute approximate surface area is 203 Å². The number of amides is 2. The Morgan fingerprint density at radius 2 is 1.85 bits per heavy atom. The molecule has 2 heterocycles. The first-order valence-electron chi connectivity index (χ1n) is 11.5. The average molecular weight is 483 g/mol. The van der Waals surface area contributed by atoms with Gasteiger partial charge in [-0.05, 0) is 62.8 Å². The molecule has 8 nitrogen and oxygen atoms in total. The van der Waals surface area contributed by atoms with Crippen LogP contribution in [-0.4, -0.2) is 35.5 Å². The second kappa shape index (κ2) is 9.97. The van der Waals surface area contributed by atoms with Crippen molar-refractivity contribution in [2.75, 3.05) is 13.7 Å². The van der Waals surface area contributed by atoms with Crippen molar-refractivity contribution in [1.29, 1.82) is 0 Å². The molecule has 2 N–H and O–H groups in total. The number of aromatic nitrogens is 2. The topological polar surface area (TPSA) is 102 Å². The number of hydrazine groups is 1. The number of carbonyl (C=O) groups excluding carboxylic acids is 2. The summed E-state index contributed by atoms with van der Waals surface area (Å²) < 4.78 is 11.1. The minimum absolute atomic E-state index is 0.345. The van der Waals surface area contributed by atoms with Gasteiger partial charge in [-0.3, -0.25) is 20.4 Å². The molecule has 3 aromatic rings. The maximum Gasteiger partial charge on any atom is 0.280 e. The summed E-state index contributed by atoms with van der Waals surface area (Å²) in [6.45, 7) is 8.65. The summed E-state index contributed by atoms with van der Waals surface area (Å²) in [6, 6.07) is 4.93. The van der Waals surface area contributed by atoms with Crippen molar-refractivity contribution < 1.29 is 19.1 Å². The molecule has 34 heavy (non-hydrogen) atoms. The summed E-state index contributed by atoms with van der Waals surface area (Å²) in [7, 11) is 1.53. The van der Waals surface area contributed by atoms with Crippen LogP contribution in [0.15, 0.2) is 18.2 Å². The molecular formula is C25H30N4O4S. The summed E-state index contributed by atoms with van der Waals surface area (Å²) in [6.07, 6.45) is 3.15.